The summed E-state index contributed by atoms with van der Waals surface area (Å²) in [5.41, 5.74) is 7.47. The van der Waals surface area contributed by atoms with Crippen molar-refractivity contribution in [2.45, 2.75) is 6.42 Å². The maximum atomic E-state index is 12.8. The van der Waals surface area contributed by atoms with E-state index in [1.165, 1.54) is 0 Å². The number of carbonyl (C=O) groups excluding carboxylic acids is 1. The van der Waals surface area contributed by atoms with Crippen molar-refractivity contribution in [1.82, 2.24) is 15.1 Å². The van der Waals surface area contributed by atoms with Crippen LogP contribution < -0.4 is 10.6 Å². The van der Waals surface area contributed by atoms with E-state index in [1.54, 1.807) is 6.20 Å². The standard InChI is InChI=1S/C21H23N5O/c22-10-9-16-5-7-17(8-6-16)21(27)26-13-11-25(12-14-26)20-19-4-2-1-3-18(19)15-23-24-20/h1-8,15H,9-14,22H2. The lowest BCUT2D eigenvalue weighted by Gasteiger charge is -2.35. The van der Waals surface area contributed by atoms with E-state index in [0.29, 0.717) is 19.6 Å². The van der Waals surface area contributed by atoms with Crippen LogP contribution in [0.5, 0.6) is 0 Å². The first-order chi connectivity index (χ1) is 13.3. The van der Waals surface area contributed by atoms with Gasteiger partial charge >= 0.3 is 0 Å². The van der Waals surface area contributed by atoms with Gasteiger partial charge in [0, 0.05) is 42.5 Å². The van der Waals surface area contributed by atoms with Crippen LogP contribution in [-0.4, -0.2) is 53.7 Å². The zero-order valence-corrected chi connectivity index (χ0v) is 15.2. The Morgan fingerprint density at radius 3 is 2.48 bits per heavy atom. The summed E-state index contributed by atoms with van der Waals surface area (Å²) in [5.74, 6) is 0.976. The van der Waals surface area contributed by atoms with Gasteiger partial charge < -0.3 is 15.5 Å². The molecular formula is C21H23N5O. The maximum absolute atomic E-state index is 12.8. The Morgan fingerprint density at radius 2 is 1.74 bits per heavy atom. The van der Waals surface area contributed by atoms with E-state index in [9.17, 15) is 4.79 Å². The number of piperazine rings is 1. The highest BCUT2D eigenvalue weighted by Gasteiger charge is 2.24. The van der Waals surface area contributed by atoms with Crippen molar-refractivity contribution in [2.24, 2.45) is 5.73 Å². The Morgan fingerprint density at radius 1 is 1.00 bits per heavy atom. The molecule has 2 heterocycles. The molecule has 138 valence electrons. The minimum atomic E-state index is 0.0814. The number of hydrogen-bond donors (Lipinski definition) is 1. The molecule has 6 nitrogen and oxygen atoms in total. The van der Waals surface area contributed by atoms with E-state index in [2.05, 4.69) is 21.2 Å². The Bertz CT molecular complexity index is 927. The summed E-state index contributed by atoms with van der Waals surface area (Å²) < 4.78 is 0. The van der Waals surface area contributed by atoms with Crippen molar-refractivity contribution in [3.05, 3.63) is 65.9 Å². The lowest BCUT2D eigenvalue weighted by atomic mass is 10.1. The van der Waals surface area contributed by atoms with E-state index in [0.717, 1.165) is 47.2 Å². The van der Waals surface area contributed by atoms with Crippen molar-refractivity contribution in [1.29, 1.82) is 0 Å². The molecule has 27 heavy (non-hydrogen) atoms. The van der Waals surface area contributed by atoms with E-state index in [-0.39, 0.29) is 5.91 Å². The second-order valence-electron chi connectivity index (χ2n) is 6.77. The molecule has 6 heteroatoms. The number of amides is 1. The summed E-state index contributed by atoms with van der Waals surface area (Å²) in [6.07, 6.45) is 2.62. The first-order valence-electron chi connectivity index (χ1n) is 9.30. The molecule has 1 aliphatic rings. The third kappa shape index (κ3) is 3.61. The van der Waals surface area contributed by atoms with Gasteiger partial charge in [0.2, 0.25) is 0 Å². The number of nitrogens with two attached hydrogens (primary N) is 1. The van der Waals surface area contributed by atoms with Gasteiger partial charge in [0.05, 0.1) is 6.20 Å². The normalized spacial score (nSPS) is 14.6. The first kappa shape index (κ1) is 17.4. The van der Waals surface area contributed by atoms with Crippen LogP contribution in [0.1, 0.15) is 15.9 Å². The third-order valence-corrected chi connectivity index (χ3v) is 5.05. The number of hydrogen-bond acceptors (Lipinski definition) is 5. The van der Waals surface area contributed by atoms with E-state index < -0.39 is 0 Å². The molecule has 2 N–H and O–H groups in total. The Labute approximate surface area is 158 Å². The topological polar surface area (TPSA) is 75.4 Å². The van der Waals surface area contributed by atoms with Crippen LogP contribution in [-0.2, 0) is 6.42 Å². The molecule has 1 aromatic heterocycles. The average molecular weight is 361 g/mol. The SMILES string of the molecule is NCCc1ccc(C(=O)N2CCN(c3nncc4ccccc34)CC2)cc1. The smallest absolute Gasteiger partial charge is 0.253 e. The molecule has 0 bridgehead atoms. The Kier molecular flexibility index (Phi) is 4.98. The molecule has 0 radical (unpaired) electrons. The lowest BCUT2D eigenvalue weighted by Crippen LogP contribution is -2.49. The predicted octanol–water partition coefficient (Wildman–Crippen LogP) is 2.09. The van der Waals surface area contributed by atoms with Crippen molar-refractivity contribution in [3.63, 3.8) is 0 Å². The monoisotopic (exact) mass is 361 g/mol. The van der Waals surface area contributed by atoms with E-state index >= 15 is 0 Å². The highest BCUT2D eigenvalue weighted by molar-refractivity contribution is 5.95. The van der Waals surface area contributed by atoms with E-state index in [4.69, 9.17) is 5.73 Å². The molecule has 0 atom stereocenters. The summed E-state index contributed by atoms with van der Waals surface area (Å²) in [6.45, 7) is 3.47. The molecule has 1 amide bonds. The molecule has 3 aromatic rings. The Balaban J connectivity index is 1.44. The summed E-state index contributed by atoms with van der Waals surface area (Å²) in [7, 11) is 0. The summed E-state index contributed by atoms with van der Waals surface area (Å²) in [6, 6.07) is 15.9. The van der Waals surface area contributed by atoms with Gasteiger partial charge in [-0.1, -0.05) is 36.4 Å². The average Bonchev–Trinajstić information content (AvgIpc) is 2.74. The van der Waals surface area contributed by atoms with Crippen molar-refractivity contribution < 1.29 is 4.79 Å². The summed E-state index contributed by atoms with van der Waals surface area (Å²) in [5, 5.41) is 10.7. The zero-order chi connectivity index (χ0) is 18.6. The van der Waals surface area contributed by atoms with Crippen LogP contribution in [0.25, 0.3) is 10.8 Å². The molecule has 0 saturated carbocycles. The van der Waals surface area contributed by atoms with Crippen LogP contribution in [0.2, 0.25) is 0 Å². The molecule has 0 aliphatic carbocycles. The van der Waals surface area contributed by atoms with Crippen molar-refractivity contribution >= 4 is 22.5 Å². The molecule has 2 aromatic carbocycles. The highest BCUT2D eigenvalue weighted by Crippen LogP contribution is 2.24. The number of benzene rings is 2. The number of fused-ring (bicyclic) bond motifs is 1. The number of rotatable bonds is 4. The molecule has 4 rings (SSSR count). The van der Waals surface area contributed by atoms with Crippen molar-refractivity contribution in [3.8, 4) is 0 Å². The van der Waals surface area contributed by atoms with Crippen LogP contribution in [0, 0.1) is 0 Å². The van der Waals surface area contributed by atoms with Crippen LogP contribution >= 0.6 is 0 Å². The van der Waals surface area contributed by atoms with Gasteiger partial charge in [-0.2, -0.15) is 5.10 Å². The fraction of sp³-hybridized carbons (Fsp3) is 0.286. The minimum Gasteiger partial charge on any atom is -0.351 e. The molecule has 0 spiro atoms. The highest BCUT2D eigenvalue weighted by atomic mass is 16.2. The third-order valence-electron chi connectivity index (χ3n) is 5.05. The minimum absolute atomic E-state index is 0.0814. The number of nitrogens with zero attached hydrogens (tertiary/aromatic N) is 4. The summed E-state index contributed by atoms with van der Waals surface area (Å²) >= 11 is 0. The van der Waals surface area contributed by atoms with Crippen LogP contribution in [0.15, 0.2) is 54.7 Å². The molecule has 1 aliphatic heterocycles. The van der Waals surface area contributed by atoms with Gasteiger partial charge in [-0.15, -0.1) is 5.10 Å². The van der Waals surface area contributed by atoms with Crippen molar-refractivity contribution in [2.75, 3.05) is 37.6 Å². The molecule has 0 unspecified atom stereocenters. The fourth-order valence-corrected chi connectivity index (χ4v) is 3.53. The van der Waals surface area contributed by atoms with Gasteiger partial charge in [-0.05, 0) is 30.7 Å². The van der Waals surface area contributed by atoms with Crippen LogP contribution in [0.4, 0.5) is 5.82 Å². The number of aromatic nitrogens is 2. The molecule has 1 fully saturated rings. The summed E-state index contributed by atoms with van der Waals surface area (Å²) in [4.78, 5) is 16.9. The molecular weight excluding hydrogens is 338 g/mol. The van der Waals surface area contributed by atoms with Gasteiger partial charge in [0.25, 0.3) is 5.91 Å². The largest absolute Gasteiger partial charge is 0.351 e. The molecule has 1 saturated heterocycles. The van der Waals surface area contributed by atoms with Gasteiger partial charge in [-0.25, -0.2) is 0 Å². The lowest BCUT2D eigenvalue weighted by molar-refractivity contribution is 0.0746. The number of anilines is 1. The second kappa shape index (κ2) is 7.72. The van der Waals surface area contributed by atoms with Gasteiger partial charge in [0.15, 0.2) is 5.82 Å². The van der Waals surface area contributed by atoms with Gasteiger partial charge in [-0.3, -0.25) is 4.79 Å². The number of carbonyl (C=O) groups is 1. The predicted molar refractivity (Wildman–Crippen MR) is 107 cm³/mol. The van der Waals surface area contributed by atoms with Gasteiger partial charge in [0.1, 0.15) is 0 Å². The van der Waals surface area contributed by atoms with E-state index in [1.807, 2.05) is 47.4 Å². The van der Waals surface area contributed by atoms with Crippen LogP contribution in [0.3, 0.4) is 0 Å². The Hall–Kier alpha value is -2.99. The first-order valence-corrected chi connectivity index (χ1v) is 9.30. The fourth-order valence-electron chi connectivity index (χ4n) is 3.53. The maximum Gasteiger partial charge on any atom is 0.253 e. The second-order valence-corrected chi connectivity index (χ2v) is 6.77. The quantitative estimate of drug-likeness (QED) is 0.770. The zero-order valence-electron chi connectivity index (χ0n) is 15.2.